The highest BCUT2D eigenvalue weighted by Crippen LogP contribution is 2.21. The van der Waals surface area contributed by atoms with Gasteiger partial charge in [-0.1, -0.05) is 30.3 Å². The molecule has 0 bridgehead atoms. The van der Waals surface area contributed by atoms with Crippen LogP contribution in [0.15, 0.2) is 67.0 Å². The van der Waals surface area contributed by atoms with Crippen molar-refractivity contribution in [3.05, 3.63) is 67.0 Å². The first-order chi connectivity index (χ1) is 12.3. The fourth-order valence-corrected chi connectivity index (χ4v) is 2.82. The fraction of sp³-hybridized carbons (Fsp3) is 0.200. The number of pyridine rings is 1. The van der Waals surface area contributed by atoms with Gasteiger partial charge >= 0.3 is 0 Å². The van der Waals surface area contributed by atoms with E-state index in [0.29, 0.717) is 18.8 Å². The van der Waals surface area contributed by atoms with Crippen LogP contribution in [0.1, 0.15) is 0 Å². The van der Waals surface area contributed by atoms with Crippen LogP contribution < -0.4 is 9.47 Å². The number of benzene rings is 2. The van der Waals surface area contributed by atoms with Crippen LogP contribution in [0.4, 0.5) is 0 Å². The molecule has 1 fully saturated rings. The van der Waals surface area contributed by atoms with Crippen molar-refractivity contribution in [3.63, 3.8) is 0 Å². The zero-order chi connectivity index (χ0) is 17.1. The summed E-state index contributed by atoms with van der Waals surface area (Å²) in [6.07, 6.45) is 3.40. The van der Waals surface area contributed by atoms with Crippen LogP contribution in [0.5, 0.6) is 11.5 Å². The van der Waals surface area contributed by atoms with Crippen molar-refractivity contribution in [2.24, 2.45) is 0 Å². The topological polar surface area (TPSA) is 51.7 Å². The number of hydrogen-bond donors (Lipinski definition) is 0. The molecule has 1 amide bonds. The van der Waals surface area contributed by atoms with Gasteiger partial charge in [-0.2, -0.15) is 0 Å². The highest BCUT2D eigenvalue weighted by atomic mass is 16.5. The van der Waals surface area contributed by atoms with Gasteiger partial charge in [-0.25, -0.2) is 0 Å². The molecule has 0 aliphatic carbocycles. The lowest BCUT2D eigenvalue weighted by Crippen LogP contribution is -2.57. The number of amides is 1. The minimum Gasteiger partial charge on any atom is -0.485 e. The second kappa shape index (κ2) is 6.81. The number of rotatable bonds is 5. The highest BCUT2D eigenvalue weighted by molar-refractivity contribution is 5.84. The van der Waals surface area contributed by atoms with E-state index in [2.05, 4.69) is 4.98 Å². The van der Waals surface area contributed by atoms with Crippen LogP contribution >= 0.6 is 0 Å². The minimum absolute atomic E-state index is 0.0221. The standard InChI is InChI=1S/C20H18N2O3/c23-20(22-12-19(13-22)25-18-6-3-9-21-11-18)14-24-17-8-7-15-4-1-2-5-16(15)10-17/h1-11,19H,12-14H2. The molecule has 0 atom stereocenters. The molecule has 0 spiro atoms. The summed E-state index contributed by atoms with van der Waals surface area (Å²) in [5, 5.41) is 2.25. The molecule has 25 heavy (non-hydrogen) atoms. The first-order valence-corrected chi connectivity index (χ1v) is 8.24. The molecule has 1 saturated heterocycles. The molecule has 1 aliphatic heterocycles. The molecule has 0 saturated carbocycles. The lowest BCUT2D eigenvalue weighted by Gasteiger charge is -2.38. The van der Waals surface area contributed by atoms with Gasteiger partial charge in [-0.05, 0) is 35.0 Å². The van der Waals surface area contributed by atoms with Crippen LogP contribution in [0.3, 0.4) is 0 Å². The largest absolute Gasteiger partial charge is 0.485 e. The Morgan fingerprint density at radius 3 is 2.68 bits per heavy atom. The summed E-state index contributed by atoms with van der Waals surface area (Å²) in [5.74, 6) is 1.40. The molecule has 1 aromatic heterocycles. The van der Waals surface area contributed by atoms with Gasteiger partial charge < -0.3 is 14.4 Å². The van der Waals surface area contributed by atoms with Crippen LogP contribution in [0.25, 0.3) is 10.8 Å². The average Bonchev–Trinajstić information content (AvgIpc) is 2.63. The molecule has 0 radical (unpaired) electrons. The summed E-state index contributed by atoms with van der Waals surface area (Å²) in [7, 11) is 0. The van der Waals surface area contributed by atoms with Crippen LogP contribution in [-0.4, -0.2) is 41.6 Å². The van der Waals surface area contributed by atoms with Gasteiger partial charge in [0.05, 0.1) is 19.3 Å². The van der Waals surface area contributed by atoms with Gasteiger partial charge in [0.15, 0.2) is 6.61 Å². The van der Waals surface area contributed by atoms with Crippen molar-refractivity contribution in [2.75, 3.05) is 19.7 Å². The van der Waals surface area contributed by atoms with Crippen LogP contribution in [0.2, 0.25) is 0 Å². The first kappa shape index (κ1) is 15.4. The third-order valence-corrected chi connectivity index (χ3v) is 4.22. The molecule has 3 aromatic rings. The maximum atomic E-state index is 12.2. The van der Waals surface area contributed by atoms with E-state index in [0.717, 1.165) is 16.5 Å². The van der Waals surface area contributed by atoms with Crippen LogP contribution in [0, 0.1) is 0 Å². The SMILES string of the molecule is O=C(COc1ccc2ccccc2c1)N1CC(Oc2cccnc2)C1. The molecular weight excluding hydrogens is 316 g/mol. The Labute approximate surface area is 145 Å². The molecule has 126 valence electrons. The minimum atomic E-state index is -0.0285. The molecule has 0 unspecified atom stereocenters. The van der Waals surface area contributed by atoms with E-state index >= 15 is 0 Å². The van der Waals surface area contributed by atoms with E-state index < -0.39 is 0 Å². The summed E-state index contributed by atoms with van der Waals surface area (Å²) >= 11 is 0. The Kier molecular flexibility index (Phi) is 4.21. The van der Waals surface area contributed by atoms with Crippen molar-refractivity contribution in [3.8, 4) is 11.5 Å². The summed E-state index contributed by atoms with van der Waals surface area (Å²) in [6, 6.07) is 17.6. The molecule has 5 heteroatoms. The molecule has 2 aromatic carbocycles. The lowest BCUT2D eigenvalue weighted by atomic mass is 10.1. The molecule has 2 heterocycles. The Morgan fingerprint density at radius 1 is 1.04 bits per heavy atom. The number of carbonyl (C=O) groups excluding carboxylic acids is 1. The fourth-order valence-electron chi connectivity index (χ4n) is 2.82. The number of hydrogen-bond acceptors (Lipinski definition) is 4. The van der Waals surface area contributed by atoms with E-state index in [9.17, 15) is 4.79 Å². The second-order valence-corrected chi connectivity index (χ2v) is 6.02. The van der Waals surface area contributed by atoms with Gasteiger partial charge in [-0.3, -0.25) is 9.78 Å². The normalized spacial score (nSPS) is 14.2. The third kappa shape index (κ3) is 3.55. The zero-order valence-electron chi connectivity index (χ0n) is 13.7. The lowest BCUT2D eigenvalue weighted by molar-refractivity contribution is -0.142. The van der Waals surface area contributed by atoms with E-state index in [1.165, 1.54) is 0 Å². The van der Waals surface area contributed by atoms with Gasteiger partial charge in [0, 0.05) is 6.20 Å². The number of likely N-dealkylation sites (tertiary alicyclic amines) is 1. The van der Waals surface area contributed by atoms with E-state index in [1.807, 2.05) is 54.6 Å². The molecule has 5 nitrogen and oxygen atoms in total. The van der Waals surface area contributed by atoms with Crippen molar-refractivity contribution in [1.82, 2.24) is 9.88 Å². The molecule has 0 N–H and O–H groups in total. The smallest absolute Gasteiger partial charge is 0.260 e. The number of fused-ring (bicyclic) bond motifs is 1. The van der Waals surface area contributed by atoms with Crippen LogP contribution in [-0.2, 0) is 4.79 Å². The Hall–Kier alpha value is -3.08. The van der Waals surface area contributed by atoms with Gasteiger partial charge in [-0.15, -0.1) is 0 Å². The number of nitrogens with zero attached hydrogens (tertiary/aromatic N) is 2. The number of carbonyl (C=O) groups is 1. The summed E-state index contributed by atoms with van der Waals surface area (Å²) in [6.45, 7) is 1.20. The predicted molar refractivity (Wildman–Crippen MR) is 94.7 cm³/mol. The van der Waals surface area contributed by atoms with Crippen molar-refractivity contribution in [2.45, 2.75) is 6.10 Å². The van der Waals surface area contributed by atoms with Gasteiger partial charge in [0.2, 0.25) is 0 Å². The van der Waals surface area contributed by atoms with Gasteiger partial charge in [0.25, 0.3) is 5.91 Å². The number of aromatic nitrogens is 1. The Morgan fingerprint density at radius 2 is 1.88 bits per heavy atom. The number of ether oxygens (including phenoxy) is 2. The predicted octanol–water partition coefficient (Wildman–Crippen LogP) is 2.90. The van der Waals surface area contributed by atoms with Crippen molar-refractivity contribution in [1.29, 1.82) is 0 Å². The van der Waals surface area contributed by atoms with E-state index in [4.69, 9.17) is 9.47 Å². The van der Waals surface area contributed by atoms with Gasteiger partial charge in [0.1, 0.15) is 17.6 Å². The average molecular weight is 334 g/mol. The molecule has 4 rings (SSSR count). The van der Waals surface area contributed by atoms with Crippen molar-refractivity contribution < 1.29 is 14.3 Å². The first-order valence-electron chi connectivity index (χ1n) is 8.24. The van der Waals surface area contributed by atoms with Crippen molar-refractivity contribution >= 4 is 16.7 Å². The maximum absolute atomic E-state index is 12.2. The molecular formula is C20H18N2O3. The highest BCUT2D eigenvalue weighted by Gasteiger charge is 2.32. The summed E-state index contributed by atoms with van der Waals surface area (Å²) in [4.78, 5) is 17.9. The Balaban J connectivity index is 1.27. The molecule has 1 aliphatic rings. The van der Waals surface area contributed by atoms with E-state index in [-0.39, 0.29) is 18.6 Å². The maximum Gasteiger partial charge on any atom is 0.260 e. The Bertz CT molecular complexity index is 876. The quantitative estimate of drug-likeness (QED) is 0.720. The third-order valence-electron chi connectivity index (χ3n) is 4.22. The zero-order valence-corrected chi connectivity index (χ0v) is 13.7. The summed E-state index contributed by atoms with van der Waals surface area (Å²) < 4.78 is 11.4. The second-order valence-electron chi connectivity index (χ2n) is 6.02. The van der Waals surface area contributed by atoms with E-state index in [1.54, 1.807) is 17.3 Å². The monoisotopic (exact) mass is 334 g/mol. The summed E-state index contributed by atoms with van der Waals surface area (Å²) in [5.41, 5.74) is 0.